The van der Waals surface area contributed by atoms with Crippen LogP contribution in [-0.2, 0) is 45.3 Å². The van der Waals surface area contributed by atoms with Gasteiger partial charge in [0.25, 0.3) is 14.1 Å². The van der Waals surface area contributed by atoms with Crippen LogP contribution < -0.4 is 39.8 Å². The van der Waals surface area contributed by atoms with Crippen LogP contribution in [-0.4, -0.2) is 110 Å². The summed E-state index contributed by atoms with van der Waals surface area (Å²) >= 11 is 0. The lowest BCUT2D eigenvalue weighted by Gasteiger charge is -2.39. The average molecular weight is 1480 g/mol. The van der Waals surface area contributed by atoms with Gasteiger partial charge in [0, 0.05) is 71.3 Å². The molecule has 3 aliphatic heterocycles. The number of nitriles is 1. The second-order valence-corrected chi connectivity index (χ2v) is 30.4. The van der Waals surface area contributed by atoms with Gasteiger partial charge in [-0.3, -0.25) is 14.3 Å². The number of H-pyrrole nitrogens is 1. The smallest absolute Gasteiger partial charge is 0.330 e. The fourth-order valence-electron chi connectivity index (χ4n) is 15.6. The van der Waals surface area contributed by atoms with Gasteiger partial charge in [0.1, 0.15) is 64.6 Å². The first-order valence-electron chi connectivity index (χ1n) is 37.1. The fraction of sp³-hybridized carbons (Fsp3) is 0.348. The molecule has 3 aliphatic rings. The molecule has 0 amide bonds. The highest BCUT2D eigenvalue weighted by Gasteiger charge is 2.48. The Hall–Kier alpha value is -9.93. The third-order valence-corrected chi connectivity index (χ3v) is 23.1. The van der Waals surface area contributed by atoms with Crippen LogP contribution in [0.1, 0.15) is 138 Å². The predicted octanol–water partition coefficient (Wildman–Crippen LogP) is 17.7. The van der Waals surface area contributed by atoms with E-state index in [0.717, 1.165) is 34.4 Å². The number of allylic oxidation sites excluding steroid dienone is 4. The summed E-state index contributed by atoms with van der Waals surface area (Å²) in [7, 11) is 4.78. The maximum atomic E-state index is 13.7. The number of ether oxygens (including phenoxy) is 8. The van der Waals surface area contributed by atoms with E-state index in [4.69, 9.17) is 46.9 Å². The highest BCUT2D eigenvalue weighted by atomic mass is 31.2. The van der Waals surface area contributed by atoms with E-state index < -0.39 is 49.4 Å². The number of hydrogen-bond acceptors (Lipinski definition) is 15. The molecule has 9 aromatic rings. The molecule has 8 aromatic carbocycles. The average Bonchev–Trinajstić information content (AvgIpc) is 1.28. The van der Waals surface area contributed by atoms with Crippen molar-refractivity contribution in [2.24, 2.45) is 0 Å². The number of hydrogen-bond donors (Lipinski definition) is 1. The molecule has 19 heteroatoms. The van der Waals surface area contributed by atoms with Gasteiger partial charge in [-0.15, -0.1) is 0 Å². The molecule has 0 spiro atoms. The van der Waals surface area contributed by atoms with Gasteiger partial charge in [-0.05, 0) is 186 Å². The molecule has 0 aliphatic carbocycles. The Morgan fingerprint density at radius 1 is 0.648 bits per heavy atom. The van der Waals surface area contributed by atoms with Crippen LogP contribution in [0, 0.1) is 18.3 Å². The van der Waals surface area contributed by atoms with Crippen LogP contribution in [0.3, 0.4) is 0 Å². The number of fused-ring (bicyclic) bond motifs is 2. The van der Waals surface area contributed by atoms with E-state index in [1.807, 2.05) is 115 Å². The van der Waals surface area contributed by atoms with Crippen molar-refractivity contribution < 1.29 is 51.5 Å². The number of aromatic nitrogens is 2. The first-order valence-corrected chi connectivity index (χ1v) is 38.2. The van der Waals surface area contributed by atoms with Crippen LogP contribution in [0.4, 0.5) is 11.4 Å². The van der Waals surface area contributed by atoms with E-state index in [1.165, 1.54) is 44.7 Å². The number of aromatic amines is 1. The normalized spacial score (nSPS) is 17.4. The third-order valence-electron chi connectivity index (χ3n) is 21.0. The summed E-state index contributed by atoms with van der Waals surface area (Å²) in [5.41, 5.74) is 8.32. The first kappa shape index (κ1) is 77.7. The van der Waals surface area contributed by atoms with Crippen LogP contribution in [0.25, 0.3) is 0 Å². The van der Waals surface area contributed by atoms with Crippen molar-refractivity contribution in [3.63, 3.8) is 0 Å². The monoisotopic (exact) mass is 1480 g/mol. The van der Waals surface area contributed by atoms with Crippen molar-refractivity contribution in [2.75, 3.05) is 66.2 Å². The van der Waals surface area contributed by atoms with E-state index in [-0.39, 0.29) is 49.0 Å². The lowest BCUT2D eigenvalue weighted by molar-refractivity contribution is -0.433. The highest BCUT2D eigenvalue weighted by molar-refractivity contribution is 7.44. The van der Waals surface area contributed by atoms with Gasteiger partial charge in [-0.1, -0.05) is 129 Å². The van der Waals surface area contributed by atoms with Crippen LogP contribution >= 0.6 is 8.53 Å². The molecule has 2 unspecified atom stereocenters. The largest absolute Gasteiger partial charge is 0.497 e. The SMILES string of the molecule is CC[N+]1=C(/C=C/C=C2/N(CCCOC(c3ccc(OC)cc3)(c3ccc(OC)cc3)c3cccc(Oc4cccc(C(OC[C@H]5O[C@@H](n6cc(C)c(=O)[nH]c6=O)CC5OP(OCCC#N)N(C(C)C)C(C)C)(c5ccc(OC)cc5)c5ccc(OC)cc5)c4)c3)c3ccccc3C2(C)C)C(C)(C)c2ccccc21. The van der Waals surface area contributed by atoms with Crippen molar-refractivity contribution >= 4 is 25.6 Å². The molecule has 0 bridgehead atoms. The quantitative estimate of drug-likeness (QED) is 0.0182. The predicted molar refractivity (Wildman–Crippen MR) is 425 cm³/mol. The zero-order valence-electron chi connectivity index (χ0n) is 64.4. The molecule has 562 valence electrons. The second kappa shape index (κ2) is 33.7. The van der Waals surface area contributed by atoms with Crippen molar-refractivity contribution in [3.05, 3.63) is 295 Å². The number of para-hydroxylation sites is 2. The molecule has 1 saturated heterocycles. The topological polar surface area (TPSA) is 180 Å². The molecular formula is C89H100N6O12P+. The number of rotatable bonds is 32. The van der Waals surface area contributed by atoms with E-state index in [0.29, 0.717) is 65.2 Å². The van der Waals surface area contributed by atoms with Gasteiger partial charge in [-0.2, -0.15) is 9.84 Å². The first-order chi connectivity index (χ1) is 52.1. The molecule has 4 heterocycles. The number of nitrogens with zero attached hydrogens (tertiary/aromatic N) is 5. The van der Waals surface area contributed by atoms with Gasteiger partial charge in [-0.25, -0.2) is 9.46 Å². The summed E-state index contributed by atoms with van der Waals surface area (Å²) in [5.74, 6) is 3.71. The summed E-state index contributed by atoms with van der Waals surface area (Å²) in [5, 5.41) is 9.67. The number of nitrogens with one attached hydrogen (secondary N) is 1. The summed E-state index contributed by atoms with van der Waals surface area (Å²) < 4.78 is 72.3. The van der Waals surface area contributed by atoms with Crippen LogP contribution in [0.15, 0.2) is 234 Å². The molecule has 4 atom stereocenters. The Balaban J connectivity index is 0.918. The maximum absolute atomic E-state index is 13.7. The van der Waals surface area contributed by atoms with Gasteiger partial charge in [0.05, 0.1) is 72.3 Å². The summed E-state index contributed by atoms with van der Waals surface area (Å²) in [4.78, 5) is 31.5. The Kier molecular flexibility index (Phi) is 24.2. The van der Waals surface area contributed by atoms with E-state index >= 15 is 0 Å². The van der Waals surface area contributed by atoms with Gasteiger partial charge >= 0.3 is 5.69 Å². The van der Waals surface area contributed by atoms with Crippen molar-refractivity contribution in [2.45, 2.75) is 141 Å². The molecular weight excluding hydrogens is 1380 g/mol. The summed E-state index contributed by atoms with van der Waals surface area (Å²) in [6.07, 6.45) is 6.90. The molecule has 12 rings (SSSR count). The molecule has 1 fully saturated rings. The Labute approximate surface area is 636 Å². The standard InChI is InChI=1S/C89H99N6O12P/c1-15-92-77-31-18-16-29-75(77)86(7,8)81(92)33-22-34-82-87(9,10)76-30-17-19-32-78(76)93(82)52-24-53-102-88(63-35-43-69(98-11)44-36-63,64-37-45-70(99-12)46-38-64)67-25-20-27-73(55-67)105-74-28-21-26-68(56-74)89(65-39-47-71(100-13)48-40-65,66-41-49-72(101-14)50-42-66)103-59-80-79(57-83(106-80)94-58-62(6)84(96)91-85(94)97)107-108(104-54-23-51-90)95(60(2)3)61(4)5/h16-22,25-50,55-56,58,60-61,79-80,83H,15,23-24,52-54,57,59H2,1-14H3/p+1/t79?,80-,83-,108?/m1/s1. The zero-order valence-corrected chi connectivity index (χ0v) is 65.3. The number of anilines is 1. The van der Waals surface area contributed by atoms with Crippen molar-refractivity contribution in [1.29, 1.82) is 5.26 Å². The maximum Gasteiger partial charge on any atom is 0.330 e. The summed E-state index contributed by atoms with van der Waals surface area (Å²) in [6.45, 7) is 23.3. The van der Waals surface area contributed by atoms with Crippen LogP contribution in [0.5, 0.6) is 34.5 Å². The molecule has 18 nitrogen and oxygen atoms in total. The Morgan fingerprint density at radius 2 is 1.17 bits per heavy atom. The van der Waals surface area contributed by atoms with E-state index in [9.17, 15) is 14.9 Å². The number of aryl methyl sites for hydroxylation is 1. The zero-order chi connectivity index (χ0) is 76.5. The Morgan fingerprint density at radius 3 is 1.69 bits per heavy atom. The molecule has 108 heavy (non-hydrogen) atoms. The van der Waals surface area contributed by atoms with Gasteiger partial charge in [0.2, 0.25) is 5.69 Å². The lowest BCUT2D eigenvalue weighted by Crippen LogP contribution is -2.39. The minimum absolute atomic E-state index is 0.0151. The third kappa shape index (κ3) is 15.7. The van der Waals surface area contributed by atoms with Crippen molar-refractivity contribution in [1.82, 2.24) is 14.2 Å². The summed E-state index contributed by atoms with van der Waals surface area (Å²) in [6, 6.07) is 67.3. The van der Waals surface area contributed by atoms with Gasteiger partial charge < -0.3 is 51.8 Å². The van der Waals surface area contributed by atoms with Crippen molar-refractivity contribution in [3.8, 4) is 40.6 Å². The fourth-order valence-corrected chi connectivity index (χ4v) is 17.3. The number of benzene rings is 8. The second-order valence-electron chi connectivity index (χ2n) is 29.0. The molecule has 1 N–H and O–H groups in total. The molecule has 0 saturated carbocycles. The van der Waals surface area contributed by atoms with E-state index in [2.05, 4.69) is 185 Å². The molecule has 0 radical (unpaired) electrons. The minimum Gasteiger partial charge on any atom is -0.497 e. The minimum atomic E-state index is -1.81. The Bertz CT molecular complexity index is 4760. The number of methoxy groups -OCH3 is 4. The highest BCUT2D eigenvalue weighted by Crippen LogP contribution is 2.53. The van der Waals surface area contributed by atoms with Gasteiger partial charge in [0.15, 0.2) is 5.71 Å². The van der Waals surface area contributed by atoms with E-state index in [1.54, 1.807) is 35.4 Å². The molecule has 1 aromatic heterocycles. The lowest BCUT2D eigenvalue weighted by atomic mass is 9.79. The van der Waals surface area contributed by atoms with Crippen LogP contribution in [0.2, 0.25) is 0 Å².